The van der Waals surface area contributed by atoms with Crippen molar-refractivity contribution in [1.29, 1.82) is 0 Å². The number of hydrogen-bond acceptors (Lipinski definition) is 2. The van der Waals surface area contributed by atoms with Gasteiger partial charge in [0.05, 0.1) is 0 Å². The Kier molecular flexibility index (Phi) is 2.81. The van der Waals surface area contributed by atoms with E-state index in [1.54, 1.807) is 6.92 Å². The molecule has 0 aromatic heterocycles. The summed E-state index contributed by atoms with van der Waals surface area (Å²) < 4.78 is 33.0. The summed E-state index contributed by atoms with van der Waals surface area (Å²) >= 11 is 0. The second-order valence-corrected chi connectivity index (χ2v) is 6.40. The molecule has 0 atom stereocenters. The van der Waals surface area contributed by atoms with Gasteiger partial charge in [-0.25, -0.2) is 0 Å². The molecule has 0 aliphatic carbocycles. The first-order valence-corrected chi connectivity index (χ1v) is 7.72. The second-order valence-electron chi connectivity index (χ2n) is 5.04. The summed E-state index contributed by atoms with van der Waals surface area (Å²) in [6.45, 7) is 3.56. The van der Waals surface area contributed by atoms with Crippen molar-refractivity contribution in [1.82, 2.24) is 0 Å². The minimum atomic E-state index is -4.25. The van der Waals surface area contributed by atoms with Crippen LogP contribution in [-0.2, 0) is 10.1 Å². The molecule has 0 aliphatic rings. The van der Waals surface area contributed by atoms with Crippen molar-refractivity contribution < 1.29 is 13.0 Å². The Balaban J connectivity index is 2.59. The van der Waals surface area contributed by atoms with Crippen LogP contribution in [0, 0.1) is 13.8 Å². The van der Waals surface area contributed by atoms with Crippen LogP contribution in [0.3, 0.4) is 0 Å². The predicted molar refractivity (Wildman–Crippen MR) is 80.7 cm³/mol. The molecule has 4 heteroatoms. The van der Waals surface area contributed by atoms with Gasteiger partial charge < -0.3 is 0 Å². The number of aryl methyl sites for hydroxylation is 1. The SMILES string of the molecule is Cc1cc2cc3ccccc3cc2c(S(=O)(=O)O)c1C. The summed E-state index contributed by atoms with van der Waals surface area (Å²) in [5, 5.41) is 3.38. The van der Waals surface area contributed by atoms with Crippen LogP contribution in [0.5, 0.6) is 0 Å². The van der Waals surface area contributed by atoms with Gasteiger partial charge in [0, 0.05) is 5.39 Å². The van der Waals surface area contributed by atoms with E-state index in [0.29, 0.717) is 10.9 Å². The fourth-order valence-electron chi connectivity index (χ4n) is 2.63. The van der Waals surface area contributed by atoms with Gasteiger partial charge in [-0.05, 0) is 53.3 Å². The molecule has 0 unspecified atom stereocenters. The van der Waals surface area contributed by atoms with Gasteiger partial charge in [-0.1, -0.05) is 30.3 Å². The van der Waals surface area contributed by atoms with Crippen molar-refractivity contribution in [3.05, 3.63) is 53.6 Å². The van der Waals surface area contributed by atoms with Crippen LogP contribution in [-0.4, -0.2) is 13.0 Å². The van der Waals surface area contributed by atoms with E-state index in [-0.39, 0.29) is 4.90 Å². The number of hydrogen-bond donors (Lipinski definition) is 1. The lowest BCUT2D eigenvalue weighted by Gasteiger charge is -2.12. The number of fused-ring (bicyclic) bond motifs is 2. The first-order valence-electron chi connectivity index (χ1n) is 6.28. The third-order valence-electron chi connectivity index (χ3n) is 3.72. The van der Waals surface area contributed by atoms with Crippen LogP contribution in [0.25, 0.3) is 21.5 Å². The highest BCUT2D eigenvalue weighted by Crippen LogP contribution is 2.32. The van der Waals surface area contributed by atoms with E-state index < -0.39 is 10.1 Å². The maximum atomic E-state index is 11.7. The Morgan fingerprint density at radius 1 is 0.900 bits per heavy atom. The molecule has 3 aromatic carbocycles. The van der Waals surface area contributed by atoms with Crippen LogP contribution < -0.4 is 0 Å². The lowest BCUT2D eigenvalue weighted by molar-refractivity contribution is 0.483. The van der Waals surface area contributed by atoms with Crippen LogP contribution in [0.2, 0.25) is 0 Å². The van der Waals surface area contributed by atoms with E-state index in [0.717, 1.165) is 21.7 Å². The molecule has 3 aromatic rings. The molecule has 0 saturated heterocycles. The fraction of sp³-hybridized carbons (Fsp3) is 0.125. The van der Waals surface area contributed by atoms with Gasteiger partial charge in [0.1, 0.15) is 4.90 Å². The summed E-state index contributed by atoms with van der Waals surface area (Å²) in [6, 6.07) is 13.5. The molecule has 0 spiro atoms. The molecule has 3 rings (SSSR count). The molecule has 102 valence electrons. The maximum absolute atomic E-state index is 11.7. The monoisotopic (exact) mass is 286 g/mol. The molecule has 1 N–H and O–H groups in total. The summed E-state index contributed by atoms with van der Waals surface area (Å²) in [4.78, 5) is 0.0123. The topological polar surface area (TPSA) is 54.4 Å². The molecule has 3 nitrogen and oxygen atoms in total. The predicted octanol–water partition coefficient (Wildman–Crippen LogP) is 3.86. The first kappa shape index (κ1) is 13.1. The highest BCUT2D eigenvalue weighted by atomic mass is 32.2. The Hall–Kier alpha value is -1.91. The summed E-state index contributed by atoms with van der Waals surface area (Å²) in [6.07, 6.45) is 0. The largest absolute Gasteiger partial charge is 0.295 e. The molecule has 0 aliphatic heterocycles. The quantitative estimate of drug-likeness (QED) is 0.546. The van der Waals surface area contributed by atoms with Gasteiger partial charge in [-0.3, -0.25) is 4.55 Å². The summed E-state index contributed by atoms with van der Waals surface area (Å²) in [5.41, 5.74) is 1.44. The Labute approximate surface area is 117 Å². The first-order chi connectivity index (χ1) is 9.38. The van der Waals surface area contributed by atoms with Gasteiger partial charge >= 0.3 is 0 Å². The zero-order valence-corrected chi connectivity index (χ0v) is 12.0. The molecule has 0 heterocycles. The second kappa shape index (κ2) is 4.30. The van der Waals surface area contributed by atoms with E-state index in [1.165, 1.54) is 0 Å². The third-order valence-corrected chi connectivity index (χ3v) is 4.77. The minimum absolute atomic E-state index is 0.0123. The van der Waals surface area contributed by atoms with Gasteiger partial charge in [0.2, 0.25) is 0 Å². The lowest BCUT2D eigenvalue weighted by atomic mass is 9.99. The van der Waals surface area contributed by atoms with Crippen LogP contribution in [0.1, 0.15) is 11.1 Å². The van der Waals surface area contributed by atoms with Crippen molar-refractivity contribution in [2.24, 2.45) is 0 Å². The van der Waals surface area contributed by atoms with E-state index in [1.807, 2.05) is 49.4 Å². The zero-order chi connectivity index (χ0) is 14.5. The van der Waals surface area contributed by atoms with Gasteiger partial charge in [-0.15, -0.1) is 0 Å². The molecule has 0 saturated carbocycles. The normalized spacial score (nSPS) is 12.2. The minimum Gasteiger partial charge on any atom is -0.282 e. The van der Waals surface area contributed by atoms with Crippen LogP contribution >= 0.6 is 0 Å². The third kappa shape index (κ3) is 1.97. The highest BCUT2D eigenvalue weighted by Gasteiger charge is 2.19. The van der Waals surface area contributed by atoms with E-state index in [2.05, 4.69) is 0 Å². The number of rotatable bonds is 1. The van der Waals surface area contributed by atoms with Gasteiger partial charge in [-0.2, -0.15) is 8.42 Å². The van der Waals surface area contributed by atoms with E-state index >= 15 is 0 Å². The van der Waals surface area contributed by atoms with Crippen molar-refractivity contribution in [3.63, 3.8) is 0 Å². The van der Waals surface area contributed by atoms with Crippen molar-refractivity contribution in [2.45, 2.75) is 18.7 Å². The Morgan fingerprint density at radius 3 is 2.10 bits per heavy atom. The average Bonchev–Trinajstić information content (AvgIpc) is 2.36. The standard InChI is InChI=1S/C16H14O3S/c1-10-7-14-8-12-5-3-4-6-13(12)9-15(14)16(11(10)2)20(17,18)19/h3-9H,1-2H3,(H,17,18,19). The van der Waals surface area contributed by atoms with Gasteiger partial charge in [0.15, 0.2) is 0 Å². The van der Waals surface area contributed by atoms with E-state index in [4.69, 9.17) is 0 Å². The molecular weight excluding hydrogens is 272 g/mol. The van der Waals surface area contributed by atoms with Gasteiger partial charge in [0.25, 0.3) is 10.1 Å². The molecule has 0 amide bonds. The smallest absolute Gasteiger partial charge is 0.282 e. The molecular formula is C16H14O3S. The lowest BCUT2D eigenvalue weighted by Crippen LogP contribution is -2.03. The maximum Gasteiger partial charge on any atom is 0.295 e. The Morgan fingerprint density at radius 2 is 1.50 bits per heavy atom. The number of benzene rings is 3. The highest BCUT2D eigenvalue weighted by molar-refractivity contribution is 7.86. The van der Waals surface area contributed by atoms with Crippen LogP contribution in [0.4, 0.5) is 0 Å². The van der Waals surface area contributed by atoms with Crippen molar-refractivity contribution >= 4 is 31.7 Å². The average molecular weight is 286 g/mol. The Bertz CT molecular complexity index is 941. The van der Waals surface area contributed by atoms with Crippen molar-refractivity contribution in [2.75, 3.05) is 0 Å². The molecule has 0 radical (unpaired) electrons. The zero-order valence-electron chi connectivity index (χ0n) is 11.2. The van der Waals surface area contributed by atoms with Crippen LogP contribution in [0.15, 0.2) is 47.4 Å². The summed E-state index contributed by atoms with van der Waals surface area (Å²) in [7, 11) is -4.25. The summed E-state index contributed by atoms with van der Waals surface area (Å²) in [5.74, 6) is 0. The molecule has 20 heavy (non-hydrogen) atoms. The molecule has 0 fully saturated rings. The van der Waals surface area contributed by atoms with Crippen molar-refractivity contribution in [3.8, 4) is 0 Å². The fourth-order valence-corrected chi connectivity index (χ4v) is 3.63. The molecule has 0 bridgehead atoms. The van der Waals surface area contributed by atoms with E-state index in [9.17, 15) is 13.0 Å².